The number of nitrogens with two attached hydrogens (primary N) is 1. The Balaban J connectivity index is 2.15. The fourth-order valence-corrected chi connectivity index (χ4v) is 2.62. The number of benzene rings is 1. The van der Waals surface area contributed by atoms with Crippen LogP contribution in [0.5, 0.6) is 0 Å². The first-order valence-electron chi connectivity index (χ1n) is 5.84. The highest BCUT2D eigenvalue weighted by molar-refractivity contribution is 9.10. The first-order valence-corrected chi connectivity index (χ1v) is 6.63. The molecule has 0 saturated heterocycles. The number of aromatic nitrogens is 1. The Morgan fingerprint density at radius 2 is 2.05 bits per heavy atom. The number of halogens is 1. The van der Waals surface area contributed by atoms with Crippen molar-refractivity contribution in [1.29, 1.82) is 0 Å². The molecule has 2 heterocycles. The maximum Gasteiger partial charge on any atom is 0.128 e. The summed E-state index contributed by atoms with van der Waals surface area (Å²) in [5, 5.41) is 1.08. The van der Waals surface area contributed by atoms with Crippen LogP contribution in [0.1, 0.15) is 17.5 Å². The van der Waals surface area contributed by atoms with Crippen molar-refractivity contribution in [3.05, 3.63) is 64.7 Å². The van der Waals surface area contributed by atoms with E-state index in [0.717, 1.165) is 26.8 Å². The van der Waals surface area contributed by atoms with E-state index < -0.39 is 0 Å². The topological polar surface area (TPSA) is 64.1 Å². The minimum absolute atomic E-state index is 0.283. The molecule has 0 amide bonds. The number of hydrazine groups is 1. The van der Waals surface area contributed by atoms with Gasteiger partial charge in [0.2, 0.25) is 0 Å². The van der Waals surface area contributed by atoms with E-state index in [-0.39, 0.29) is 6.04 Å². The molecule has 5 heteroatoms. The Hall–Kier alpha value is -1.69. The molecule has 0 radical (unpaired) electrons. The maximum absolute atomic E-state index is 5.64. The molecule has 0 bridgehead atoms. The molecule has 3 aromatic rings. The van der Waals surface area contributed by atoms with Crippen molar-refractivity contribution in [2.24, 2.45) is 5.84 Å². The summed E-state index contributed by atoms with van der Waals surface area (Å²) in [6, 6.07) is 13.4. The van der Waals surface area contributed by atoms with Crippen molar-refractivity contribution >= 4 is 26.8 Å². The third-order valence-corrected chi connectivity index (χ3v) is 3.61. The molecular weight excluding hydrogens is 306 g/mol. The van der Waals surface area contributed by atoms with Crippen molar-refractivity contribution < 1.29 is 4.42 Å². The Bertz CT molecular complexity index is 697. The van der Waals surface area contributed by atoms with Gasteiger partial charge in [0, 0.05) is 9.86 Å². The molecule has 19 heavy (non-hydrogen) atoms. The second kappa shape index (κ2) is 5.13. The molecule has 3 N–H and O–H groups in total. The van der Waals surface area contributed by atoms with E-state index in [1.165, 1.54) is 0 Å². The number of rotatable bonds is 3. The SMILES string of the molecule is NNC(c1ccco1)c1nc2ccccc2cc1Br. The van der Waals surface area contributed by atoms with E-state index in [0.29, 0.717) is 0 Å². The minimum Gasteiger partial charge on any atom is -0.467 e. The molecule has 2 aromatic heterocycles. The molecule has 1 atom stereocenters. The highest BCUT2D eigenvalue weighted by Crippen LogP contribution is 2.29. The van der Waals surface area contributed by atoms with Crippen LogP contribution in [0.2, 0.25) is 0 Å². The molecule has 0 aliphatic rings. The predicted molar refractivity (Wildman–Crippen MR) is 77.3 cm³/mol. The molecule has 3 rings (SSSR count). The predicted octanol–water partition coefficient (Wildman–Crippen LogP) is 3.14. The Kier molecular flexibility index (Phi) is 3.33. The summed E-state index contributed by atoms with van der Waals surface area (Å²) in [6.07, 6.45) is 1.62. The molecule has 96 valence electrons. The van der Waals surface area contributed by atoms with Gasteiger partial charge in [-0.25, -0.2) is 10.4 Å². The second-order valence-corrected chi connectivity index (χ2v) is 5.02. The standard InChI is InChI=1S/C14H12BrN3O/c15-10-8-9-4-1-2-5-11(9)17-13(10)14(18-16)12-6-3-7-19-12/h1-8,14,18H,16H2. The maximum atomic E-state index is 5.64. The van der Waals surface area contributed by atoms with Crippen LogP contribution in [0.4, 0.5) is 0 Å². The van der Waals surface area contributed by atoms with Gasteiger partial charge in [-0.2, -0.15) is 0 Å². The number of hydrogen-bond donors (Lipinski definition) is 2. The summed E-state index contributed by atoms with van der Waals surface area (Å²) < 4.78 is 6.30. The lowest BCUT2D eigenvalue weighted by Crippen LogP contribution is -2.29. The van der Waals surface area contributed by atoms with E-state index in [9.17, 15) is 0 Å². The average molecular weight is 318 g/mol. The zero-order chi connectivity index (χ0) is 13.2. The van der Waals surface area contributed by atoms with Crippen molar-refractivity contribution in [2.45, 2.75) is 6.04 Å². The van der Waals surface area contributed by atoms with Gasteiger partial charge >= 0.3 is 0 Å². The number of nitrogens with one attached hydrogen (secondary N) is 1. The average Bonchev–Trinajstić information content (AvgIpc) is 2.94. The fourth-order valence-electron chi connectivity index (χ4n) is 2.06. The minimum atomic E-state index is -0.283. The van der Waals surface area contributed by atoms with Crippen molar-refractivity contribution in [3.63, 3.8) is 0 Å². The van der Waals surface area contributed by atoms with E-state index in [1.54, 1.807) is 6.26 Å². The number of pyridine rings is 1. The van der Waals surface area contributed by atoms with Gasteiger partial charge in [0.15, 0.2) is 0 Å². The molecule has 0 aliphatic heterocycles. The van der Waals surface area contributed by atoms with Crippen molar-refractivity contribution in [2.75, 3.05) is 0 Å². The van der Waals surface area contributed by atoms with E-state index >= 15 is 0 Å². The molecule has 4 nitrogen and oxygen atoms in total. The van der Waals surface area contributed by atoms with Crippen LogP contribution in [0.15, 0.2) is 57.6 Å². The summed E-state index contributed by atoms with van der Waals surface area (Å²) in [7, 11) is 0. The summed E-state index contributed by atoms with van der Waals surface area (Å²) in [5.41, 5.74) is 4.47. The lowest BCUT2D eigenvalue weighted by atomic mass is 10.1. The van der Waals surface area contributed by atoms with Gasteiger partial charge in [-0.3, -0.25) is 5.84 Å². The highest BCUT2D eigenvalue weighted by Gasteiger charge is 2.20. The largest absolute Gasteiger partial charge is 0.467 e. The molecular formula is C14H12BrN3O. The second-order valence-electron chi connectivity index (χ2n) is 4.16. The van der Waals surface area contributed by atoms with Crippen LogP contribution >= 0.6 is 15.9 Å². The van der Waals surface area contributed by atoms with Crippen LogP contribution < -0.4 is 11.3 Å². The Morgan fingerprint density at radius 3 is 2.79 bits per heavy atom. The first-order chi connectivity index (χ1) is 9.29. The van der Waals surface area contributed by atoms with Gasteiger partial charge in [-0.15, -0.1) is 0 Å². The molecule has 0 spiro atoms. The van der Waals surface area contributed by atoms with Crippen LogP contribution in [0.3, 0.4) is 0 Å². The van der Waals surface area contributed by atoms with Gasteiger partial charge in [0.1, 0.15) is 11.8 Å². The Morgan fingerprint density at radius 1 is 1.21 bits per heavy atom. The van der Waals surface area contributed by atoms with E-state index in [1.807, 2.05) is 42.5 Å². The third kappa shape index (κ3) is 2.28. The fraction of sp³-hybridized carbons (Fsp3) is 0.0714. The van der Waals surface area contributed by atoms with E-state index in [4.69, 9.17) is 10.3 Å². The van der Waals surface area contributed by atoms with E-state index in [2.05, 4.69) is 26.3 Å². The van der Waals surface area contributed by atoms with Gasteiger partial charge < -0.3 is 4.42 Å². The van der Waals surface area contributed by atoms with Gasteiger partial charge in [0.25, 0.3) is 0 Å². The molecule has 0 saturated carbocycles. The molecule has 0 aliphatic carbocycles. The Labute approximate surface area is 118 Å². The molecule has 1 aromatic carbocycles. The summed E-state index contributed by atoms with van der Waals surface area (Å²) >= 11 is 3.54. The quantitative estimate of drug-likeness (QED) is 0.575. The zero-order valence-electron chi connectivity index (χ0n) is 10.0. The normalized spacial score (nSPS) is 12.7. The number of furan rings is 1. The molecule has 0 fully saturated rings. The van der Waals surface area contributed by atoms with Crippen molar-refractivity contribution in [1.82, 2.24) is 10.4 Å². The number of hydrogen-bond acceptors (Lipinski definition) is 4. The lowest BCUT2D eigenvalue weighted by molar-refractivity contribution is 0.447. The smallest absolute Gasteiger partial charge is 0.128 e. The third-order valence-electron chi connectivity index (χ3n) is 2.97. The summed E-state index contributed by atoms with van der Waals surface area (Å²) in [6.45, 7) is 0. The highest BCUT2D eigenvalue weighted by atomic mass is 79.9. The number of fused-ring (bicyclic) bond motifs is 1. The molecule has 1 unspecified atom stereocenters. The number of nitrogens with zero attached hydrogens (tertiary/aromatic N) is 1. The van der Waals surface area contributed by atoms with Crippen LogP contribution in [-0.4, -0.2) is 4.98 Å². The van der Waals surface area contributed by atoms with Crippen LogP contribution in [0, 0.1) is 0 Å². The van der Waals surface area contributed by atoms with Crippen LogP contribution in [-0.2, 0) is 0 Å². The lowest BCUT2D eigenvalue weighted by Gasteiger charge is -2.15. The summed E-state index contributed by atoms with van der Waals surface area (Å²) in [5.74, 6) is 6.37. The monoisotopic (exact) mass is 317 g/mol. The van der Waals surface area contributed by atoms with Crippen LogP contribution in [0.25, 0.3) is 10.9 Å². The first kappa shape index (κ1) is 12.3. The van der Waals surface area contributed by atoms with Gasteiger partial charge in [-0.05, 0) is 40.2 Å². The zero-order valence-corrected chi connectivity index (χ0v) is 11.6. The van der Waals surface area contributed by atoms with Gasteiger partial charge in [-0.1, -0.05) is 18.2 Å². The van der Waals surface area contributed by atoms with Crippen molar-refractivity contribution in [3.8, 4) is 0 Å². The number of para-hydroxylation sites is 1. The van der Waals surface area contributed by atoms with Gasteiger partial charge in [0.05, 0.1) is 17.5 Å². The summed E-state index contributed by atoms with van der Waals surface area (Å²) in [4.78, 5) is 4.65.